The minimum absolute atomic E-state index is 0.132. The average molecular weight is 428 g/mol. The fourth-order valence-electron chi connectivity index (χ4n) is 2.77. The summed E-state index contributed by atoms with van der Waals surface area (Å²) in [5.41, 5.74) is 2.27. The van der Waals surface area contributed by atoms with Crippen LogP contribution in [0, 0.1) is 11.3 Å². The standard InChI is InChI=1S/C21H18ClN3O5/c1-3-29-18-8-12(7-15(22)20(18)30-11-19(26)27)6-13(10-23)21-24-16-5-4-14(28-2)9-17(16)25-21/h4-9H,3,11H2,1-2H3,(H,24,25)(H,26,27)/b13-6-. The van der Waals surface area contributed by atoms with Gasteiger partial charge in [0.15, 0.2) is 18.1 Å². The number of benzene rings is 2. The van der Waals surface area contributed by atoms with Crippen LogP contribution in [0.1, 0.15) is 18.3 Å². The van der Waals surface area contributed by atoms with E-state index in [4.69, 9.17) is 30.9 Å². The molecule has 1 aromatic heterocycles. The summed E-state index contributed by atoms with van der Waals surface area (Å²) in [4.78, 5) is 18.4. The van der Waals surface area contributed by atoms with E-state index < -0.39 is 12.6 Å². The zero-order valence-corrected chi connectivity index (χ0v) is 17.0. The number of hydrogen-bond acceptors (Lipinski definition) is 6. The first kappa shape index (κ1) is 21.0. The quantitative estimate of drug-likeness (QED) is 0.518. The van der Waals surface area contributed by atoms with E-state index in [0.29, 0.717) is 29.3 Å². The van der Waals surface area contributed by atoms with Crippen molar-refractivity contribution in [3.8, 4) is 23.3 Å². The molecule has 8 nitrogen and oxygen atoms in total. The normalized spacial score (nSPS) is 11.2. The Bertz CT molecular complexity index is 1160. The fourth-order valence-corrected chi connectivity index (χ4v) is 3.05. The Morgan fingerprint density at radius 3 is 2.80 bits per heavy atom. The largest absolute Gasteiger partial charge is 0.497 e. The van der Waals surface area contributed by atoms with Gasteiger partial charge in [0, 0.05) is 6.07 Å². The molecule has 3 aromatic rings. The molecule has 0 saturated heterocycles. The van der Waals surface area contributed by atoms with Crippen LogP contribution in [0.4, 0.5) is 0 Å². The second-order valence-corrected chi connectivity index (χ2v) is 6.49. The van der Waals surface area contributed by atoms with Crippen LogP contribution < -0.4 is 14.2 Å². The Morgan fingerprint density at radius 2 is 2.13 bits per heavy atom. The molecule has 1 heterocycles. The Hall–Kier alpha value is -3.70. The number of fused-ring (bicyclic) bond motifs is 1. The number of H-pyrrole nitrogens is 1. The summed E-state index contributed by atoms with van der Waals surface area (Å²) >= 11 is 6.28. The number of aromatic nitrogens is 2. The van der Waals surface area contributed by atoms with Gasteiger partial charge in [-0.2, -0.15) is 5.26 Å². The van der Waals surface area contributed by atoms with Gasteiger partial charge in [-0.05, 0) is 42.8 Å². The van der Waals surface area contributed by atoms with Crippen LogP contribution in [0.15, 0.2) is 30.3 Å². The lowest BCUT2D eigenvalue weighted by atomic mass is 10.1. The van der Waals surface area contributed by atoms with E-state index >= 15 is 0 Å². The van der Waals surface area contributed by atoms with Gasteiger partial charge in [0.2, 0.25) is 0 Å². The number of aliphatic carboxylic acids is 1. The summed E-state index contributed by atoms with van der Waals surface area (Å²) in [6, 6.07) is 10.7. The number of nitrogens with zero attached hydrogens (tertiary/aromatic N) is 2. The number of carbonyl (C=O) groups is 1. The van der Waals surface area contributed by atoms with Gasteiger partial charge in [0.05, 0.1) is 35.3 Å². The molecular formula is C21H18ClN3O5. The highest BCUT2D eigenvalue weighted by atomic mass is 35.5. The van der Waals surface area contributed by atoms with Gasteiger partial charge < -0.3 is 24.3 Å². The van der Waals surface area contributed by atoms with Crippen molar-refractivity contribution in [2.24, 2.45) is 0 Å². The number of carboxylic acids is 1. The molecular weight excluding hydrogens is 410 g/mol. The minimum Gasteiger partial charge on any atom is -0.497 e. The van der Waals surface area contributed by atoms with Gasteiger partial charge in [-0.1, -0.05) is 11.6 Å². The highest BCUT2D eigenvalue weighted by Crippen LogP contribution is 2.37. The van der Waals surface area contributed by atoms with Crippen molar-refractivity contribution >= 4 is 40.3 Å². The maximum atomic E-state index is 10.8. The number of allylic oxidation sites excluding steroid dienone is 1. The number of nitriles is 1. The summed E-state index contributed by atoms with van der Waals surface area (Å²) in [5, 5.41) is 18.7. The lowest BCUT2D eigenvalue weighted by molar-refractivity contribution is -0.139. The summed E-state index contributed by atoms with van der Waals surface area (Å²) in [6.07, 6.45) is 1.60. The van der Waals surface area contributed by atoms with Gasteiger partial charge in [0.1, 0.15) is 17.6 Å². The minimum atomic E-state index is -1.13. The molecule has 3 rings (SSSR count). The molecule has 30 heavy (non-hydrogen) atoms. The van der Waals surface area contributed by atoms with Gasteiger partial charge >= 0.3 is 5.97 Å². The topological polar surface area (TPSA) is 117 Å². The zero-order chi connectivity index (χ0) is 21.7. The van der Waals surface area contributed by atoms with Crippen molar-refractivity contribution in [1.29, 1.82) is 5.26 Å². The van der Waals surface area contributed by atoms with Crippen LogP contribution in [0.5, 0.6) is 17.2 Å². The van der Waals surface area contributed by atoms with Crippen molar-refractivity contribution in [3.05, 3.63) is 46.7 Å². The highest BCUT2D eigenvalue weighted by molar-refractivity contribution is 6.32. The molecule has 0 fully saturated rings. The molecule has 2 N–H and O–H groups in total. The zero-order valence-electron chi connectivity index (χ0n) is 16.2. The van der Waals surface area contributed by atoms with Crippen LogP contribution in [0.2, 0.25) is 5.02 Å². The van der Waals surface area contributed by atoms with Gasteiger partial charge in [-0.15, -0.1) is 0 Å². The van der Waals surface area contributed by atoms with E-state index in [-0.39, 0.29) is 22.1 Å². The smallest absolute Gasteiger partial charge is 0.341 e. The molecule has 9 heteroatoms. The third kappa shape index (κ3) is 4.64. The first-order chi connectivity index (χ1) is 14.4. The molecule has 0 bridgehead atoms. The molecule has 154 valence electrons. The van der Waals surface area contributed by atoms with E-state index in [0.717, 1.165) is 5.52 Å². The molecule has 0 atom stereocenters. The first-order valence-electron chi connectivity index (χ1n) is 8.92. The molecule has 0 radical (unpaired) electrons. The Kier molecular flexibility index (Phi) is 6.45. The molecule has 0 aliphatic carbocycles. The van der Waals surface area contributed by atoms with Crippen LogP contribution >= 0.6 is 11.6 Å². The van der Waals surface area contributed by atoms with Crippen molar-refractivity contribution < 1.29 is 24.1 Å². The maximum absolute atomic E-state index is 10.8. The van der Waals surface area contributed by atoms with E-state index in [1.165, 1.54) is 0 Å². The number of ether oxygens (including phenoxy) is 3. The molecule has 2 aromatic carbocycles. The number of nitrogens with one attached hydrogen (secondary N) is 1. The van der Waals surface area contributed by atoms with Gasteiger partial charge in [0.25, 0.3) is 0 Å². The third-order valence-corrected chi connectivity index (χ3v) is 4.33. The lowest BCUT2D eigenvalue weighted by Crippen LogP contribution is -2.10. The van der Waals surface area contributed by atoms with Gasteiger partial charge in [-0.3, -0.25) is 0 Å². The number of methoxy groups -OCH3 is 1. The number of rotatable bonds is 8. The summed E-state index contributed by atoms with van der Waals surface area (Å²) in [5.74, 6) is 0.341. The summed E-state index contributed by atoms with van der Waals surface area (Å²) in [7, 11) is 1.57. The van der Waals surface area contributed by atoms with Crippen molar-refractivity contribution in [3.63, 3.8) is 0 Å². The van der Waals surface area contributed by atoms with E-state index in [1.807, 2.05) is 0 Å². The SMILES string of the molecule is CCOc1cc(/C=C(/C#N)c2nc3ccc(OC)cc3[nH]2)cc(Cl)c1OCC(=O)O. The maximum Gasteiger partial charge on any atom is 0.341 e. The lowest BCUT2D eigenvalue weighted by Gasteiger charge is -2.13. The van der Waals surface area contributed by atoms with Crippen LogP contribution in [0.25, 0.3) is 22.7 Å². The van der Waals surface area contributed by atoms with Crippen LogP contribution in [-0.2, 0) is 4.79 Å². The number of imidazole rings is 1. The molecule has 0 unspecified atom stereocenters. The highest BCUT2D eigenvalue weighted by Gasteiger charge is 2.15. The first-order valence-corrected chi connectivity index (χ1v) is 9.29. The van der Waals surface area contributed by atoms with Crippen molar-refractivity contribution in [2.75, 3.05) is 20.3 Å². The number of carboxylic acid groups (broad SMARTS) is 1. The fraction of sp³-hybridized carbons (Fsp3) is 0.190. The van der Waals surface area contributed by atoms with Crippen LogP contribution in [0.3, 0.4) is 0 Å². The van der Waals surface area contributed by atoms with Crippen LogP contribution in [-0.4, -0.2) is 41.4 Å². The average Bonchev–Trinajstić information content (AvgIpc) is 3.14. The van der Waals surface area contributed by atoms with Crippen molar-refractivity contribution in [2.45, 2.75) is 6.92 Å². The van der Waals surface area contributed by atoms with Crippen molar-refractivity contribution in [1.82, 2.24) is 9.97 Å². The Labute approximate surface area is 177 Å². The van der Waals surface area contributed by atoms with E-state index in [1.54, 1.807) is 50.4 Å². The van der Waals surface area contributed by atoms with E-state index in [2.05, 4.69) is 16.0 Å². The Balaban J connectivity index is 2.01. The summed E-state index contributed by atoms with van der Waals surface area (Å²) in [6.45, 7) is 1.55. The number of halogens is 1. The Morgan fingerprint density at radius 1 is 1.33 bits per heavy atom. The predicted molar refractivity (Wildman–Crippen MR) is 112 cm³/mol. The second kappa shape index (κ2) is 9.20. The molecule has 0 saturated carbocycles. The van der Waals surface area contributed by atoms with Gasteiger partial charge in [-0.25, -0.2) is 9.78 Å². The summed E-state index contributed by atoms with van der Waals surface area (Å²) < 4.78 is 16.0. The molecule has 0 aliphatic heterocycles. The molecule has 0 amide bonds. The molecule has 0 aliphatic rings. The van der Waals surface area contributed by atoms with E-state index in [9.17, 15) is 10.1 Å². The second-order valence-electron chi connectivity index (χ2n) is 6.08. The predicted octanol–water partition coefficient (Wildman–Crippen LogP) is 4.15. The number of aromatic amines is 1. The molecule has 0 spiro atoms. The monoisotopic (exact) mass is 427 g/mol. The number of hydrogen-bond donors (Lipinski definition) is 2. The third-order valence-electron chi connectivity index (χ3n) is 4.05.